The van der Waals surface area contributed by atoms with E-state index in [1.165, 1.54) is 5.39 Å². The molecule has 2 heteroatoms. The fourth-order valence-corrected chi connectivity index (χ4v) is 1.10. The van der Waals surface area contributed by atoms with Gasteiger partial charge in [0.2, 0.25) is 0 Å². The van der Waals surface area contributed by atoms with Crippen LogP contribution in [-0.2, 0) is 0 Å². The maximum atomic E-state index is 5.62. The average Bonchev–Trinajstić information content (AvgIpc) is 2.34. The van der Waals surface area contributed by atoms with Gasteiger partial charge in [0.25, 0.3) is 0 Å². The molecule has 0 amide bonds. The van der Waals surface area contributed by atoms with Gasteiger partial charge in [-0.3, -0.25) is 0 Å². The van der Waals surface area contributed by atoms with Crippen molar-refractivity contribution in [2.45, 2.75) is 0 Å². The third-order valence-corrected chi connectivity index (χ3v) is 1.63. The molecule has 2 rings (SSSR count). The number of nitrogens with one attached hydrogen (secondary N) is 1. The predicted octanol–water partition coefficient (Wildman–Crippen LogP) is 0.962. The van der Waals surface area contributed by atoms with Crippen LogP contribution in [0.15, 0.2) is 30.5 Å². The lowest BCUT2D eigenvalue weighted by atomic mass is 10.0. The summed E-state index contributed by atoms with van der Waals surface area (Å²) in [6.45, 7) is 0. The zero-order chi connectivity index (χ0) is 6.97. The number of aromatic amines is 1. The Hall–Kier alpha value is -1.18. The second kappa shape index (κ2) is 1.91. The van der Waals surface area contributed by atoms with Crippen molar-refractivity contribution < 1.29 is 0 Å². The highest BCUT2D eigenvalue weighted by Crippen LogP contribution is 2.08. The minimum Gasteiger partial charge on any atom is -0.373 e. The summed E-state index contributed by atoms with van der Waals surface area (Å²) in [6, 6.07) is 8.01. The molecule has 0 unspecified atom stereocenters. The molecular weight excluding hydrogens is 121 g/mol. The molecule has 46 valence electrons. The van der Waals surface area contributed by atoms with Crippen LogP contribution >= 0.6 is 0 Å². The Morgan fingerprint density at radius 2 is 2.00 bits per heavy atom. The molecule has 0 aliphatic heterocycles. The molecule has 0 atom stereocenters. The first kappa shape index (κ1) is 5.60. The molecule has 1 N–H and O–H groups in total. The Labute approximate surface area is 60.5 Å². The number of aromatic nitrogens is 1. The molecule has 1 aromatic heterocycles. The molecule has 1 aromatic carbocycles. The second-order valence-electron chi connectivity index (χ2n) is 2.29. The molecular formula is C8H6BN. The van der Waals surface area contributed by atoms with E-state index in [0.29, 0.717) is 0 Å². The van der Waals surface area contributed by atoms with Crippen LogP contribution in [0.3, 0.4) is 0 Å². The van der Waals surface area contributed by atoms with Gasteiger partial charge >= 0.3 is 0 Å². The van der Waals surface area contributed by atoms with E-state index >= 15 is 0 Å². The quantitative estimate of drug-likeness (QED) is 0.507. The lowest BCUT2D eigenvalue weighted by Crippen LogP contribution is -2.01. The van der Waals surface area contributed by atoms with Crippen LogP contribution in [0.25, 0.3) is 10.8 Å². The van der Waals surface area contributed by atoms with Crippen molar-refractivity contribution in [2.75, 3.05) is 0 Å². The Kier molecular flexibility index (Phi) is 1.07. The summed E-state index contributed by atoms with van der Waals surface area (Å²) >= 11 is 0. The highest BCUT2D eigenvalue weighted by Gasteiger charge is 1.93. The molecule has 0 bridgehead atoms. The number of hydrogen-bond donors (Lipinski definition) is 1. The number of H-pyrrole nitrogens is 1. The lowest BCUT2D eigenvalue weighted by molar-refractivity contribution is 1.48. The maximum Gasteiger partial charge on any atom is 0.139 e. The standard InChI is InChI=1S/C8H6BN/c9-8-7-4-2-1-3-6(7)5-10-8/h1-5,10H. The molecule has 1 nitrogen and oxygen atoms in total. The Morgan fingerprint density at radius 1 is 1.20 bits per heavy atom. The first-order chi connectivity index (χ1) is 4.88. The maximum absolute atomic E-state index is 5.62. The van der Waals surface area contributed by atoms with Crippen LogP contribution in [-0.4, -0.2) is 12.8 Å². The van der Waals surface area contributed by atoms with Gasteiger partial charge in [0.05, 0.1) is 0 Å². The fourth-order valence-electron chi connectivity index (χ4n) is 1.10. The van der Waals surface area contributed by atoms with Gasteiger partial charge < -0.3 is 4.98 Å². The number of rotatable bonds is 0. The van der Waals surface area contributed by atoms with Crippen molar-refractivity contribution in [1.29, 1.82) is 0 Å². The highest BCUT2D eigenvalue weighted by atomic mass is 14.7. The van der Waals surface area contributed by atoms with Crippen molar-refractivity contribution in [3.8, 4) is 0 Å². The van der Waals surface area contributed by atoms with E-state index in [9.17, 15) is 0 Å². The highest BCUT2D eigenvalue weighted by molar-refractivity contribution is 6.37. The monoisotopic (exact) mass is 127 g/mol. The Balaban J connectivity index is 2.93. The van der Waals surface area contributed by atoms with Crippen molar-refractivity contribution in [2.24, 2.45) is 0 Å². The molecule has 1 heterocycles. The largest absolute Gasteiger partial charge is 0.373 e. The van der Waals surface area contributed by atoms with Gasteiger partial charge in [-0.05, 0) is 16.4 Å². The van der Waals surface area contributed by atoms with Gasteiger partial charge in [0, 0.05) is 6.20 Å². The first-order valence-electron chi connectivity index (χ1n) is 3.19. The molecule has 0 spiro atoms. The minimum atomic E-state index is 0.746. The van der Waals surface area contributed by atoms with E-state index in [2.05, 4.69) is 4.98 Å². The third kappa shape index (κ3) is 0.653. The molecule has 10 heavy (non-hydrogen) atoms. The second-order valence-corrected chi connectivity index (χ2v) is 2.29. The number of fused-ring (bicyclic) bond motifs is 1. The van der Waals surface area contributed by atoms with Crippen LogP contribution in [0.1, 0.15) is 0 Å². The molecule has 2 radical (unpaired) electrons. The van der Waals surface area contributed by atoms with E-state index in [0.717, 1.165) is 11.0 Å². The zero-order valence-corrected chi connectivity index (χ0v) is 5.46. The van der Waals surface area contributed by atoms with Crippen LogP contribution in [0.4, 0.5) is 0 Å². The van der Waals surface area contributed by atoms with Gasteiger partial charge in [0.1, 0.15) is 7.85 Å². The van der Waals surface area contributed by atoms with E-state index < -0.39 is 0 Å². The van der Waals surface area contributed by atoms with Gasteiger partial charge in [0.15, 0.2) is 0 Å². The summed E-state index contributed by atoms with van der Waals surface area (Å²) < 4.78 is 0. The van der Waals surface area contributed by atoms with Gasteiger partial charge in [-0.2, -0.15) is 0 Å². The third-order valence-electron chi connectivity index (χ3n) is 1.63. The lowest BCUT2D eigenvalue weighted by Gasteiger charge is -1.87. The molecule has 0 fully saturated rings. The molecule has 0 aliphatic rings. The van der Waals surface area contributed by atoms with Gasteiger partial charge in [-0.25, -0.2) is 0 Å². The molecule has 2 aromatic rings. The summed E-state index contributed by atoms with van der Waals surface area (Å²) in [5.41, 5.74) is 0.746. The van der Waals surface area contributed by atoms with Crippen LogP contribution in [0.5, 0.6) is 0 Å². The van der Waals surface area contributed by atoms with Crippen molar-refractivity contribution >= 4 is 24.2 Å². The summed E-state index contributed by atoms with van der Waals surface area (Å²) in [7, 11) is 5.62. The molecule has 0 saturated heterocycles. The molecule has 0 aliphatic carbocycles. The molecule has 0 saturated carbocycles. The van der Waals surface area contributed by atoms with E-state index in [4.69, 9.17) is 7.85 Å². The van der Waals surface area contributed by atoms with E-state index in [-0.39, 0.29) is 0 Å². The van der Waals surface area contributed by atoms with Crippen molar-refractivity contribution in [3.63, 3.8) is 0 Å². The fraction of sp³-hybridized carbons (Fsp3) is 0. The van der Waals surface area contributed by atoms with Crippen molar-refractivity contribution in [1.82, 2.24) is 4.98 Å². The Morgan fingerprint density at radius 3 is 2.80 bits per heavy atom. The summed E-state index contributed by atoms with van der Waals surface area (Å²) in [5, 5.41) is 2.27. The van der Waals surface area contributed by atoms with Gasteiger partial charge in [-0.1, -0.05) is 24.3 Å². The van der Waals surface area contributed by atoms with Gasteiger partial charge in [-0.15, -0.1) is 0 Å². The Bertz CT molecular complexity index is 351. The van der Waals surface area contributed by atoms with E-state index in [1.54, 1.807) is 0 Å². The number of benzene rings is 1. The average molecular weight is 127 g/mol. The first-order valence-corrected chi connectivity index (χ1v) is 3.19. The summed E-state index contributed by atoms with van der Waals surface area (Å²) in [4.78, 5) is 2.95. The van der Waals surface area contributed by atoms with E-state index in [1.807, 2.05) is 30.5 Å². The minimum absolute atomic E-state index is 0.746. The topological polar surface area (TPSA) is 15.8 Å². The SMILES string of the molecule is [B]c1[nH]cc2ccccc12. The van der Waals surface area contributed by atoms with Crippen molar-refractivity contribution in [3.05, 3.63) is 30.5 Å². The smallest absolute Gasteiger partial charge is 0.139 e. The van der Waals surface area contributed by atoms with Crippen LogP contribution < -0.4 is 5.59 Å². The predicted molar refractivity (Wildman–Crippen MR) is 43.7 cm³/mol. The number of hydrogen-bond acceptors (Lipinski definition) is 0. The summed E-state index contributed by atoms with van der Waals surface area (Å²) in [5.74, 6) is 0. The normalized spacial score (nSPS) is 10.4. The van der Waals surface area contributed by atoms with Crippen LogP contribution in [0, 0.1) is 0 Å². The zero-order valence-electron chi connectivity index (χ0n) is 5.46. The van der Waals surface area contributed by atoms with Crippen LogP contribution in [0.2, 0.25) is 0 Å². The summed E-state index contributed by atoms with van der Waals surface area (Å²) in [6.07, 6.45) is 1.91.